The van der Waals surface area contributed by atoms with Crippen LogP contribution >= 0.6 is 0 Å². The maximum Gasteiger partial charge on any atom is 0.178 e. The van der Waals surface area contributed by atoms with Gasteiger partial charge in [-0.05, 0) is 30.0 Å². The van der Waals surface area contributed by atoms with Gasteiger partial charge in [0.05, 0.1) is 17.5 Å². The number of benzene rings is 1. The first-order valence-electron chi connectivity index (χ1n) is 6.99. The molecule has 0 unspecified atom stereocenters. The minimum absolute atomic E-state index is 0.0828. The first kappa shape index (κ1) is 12.5. The van der Waals surface area contributed by atoms with E-state index in [1.807, 2.05) is 6.07 Å². The van der Waals surface area contributed by atoms with Crippen LogP contribution in [-0.2, 0) is 21.6 Å². The van der Waals surface area contributed by atoms with Crippen molar-refractivity contribution in [1.82, 2.24) is 0 Å². The van der Waals surface area contributed by atoms with Gasteiger partial charge in [-0.3, -0.25) is 9.79 Å². The molecule has 1 saturated carbocycles. The second-order valence-electron chi connectivity index (χ2n) is 5.50. The number of nitrogens with zero attached hydrogens (tertiary/aromatic N) is 1. The molecule has 1 aromatic rings. The Morgan fingerprint density at radius 1 is 1.21 bits per heavy atom. The van der Waals surface area contributed by atoms with Gasteiger partial charge in [0.25, 0.3) is 0 Å². The zero-order valence-electron chi connectivity index (χ0n) is 11.3. The van der Waals surface area contributed by atoms with Gasteiger partial charge in [-0.25, -0.2) is 0 Å². The van der Waals surface area contributed by atoms with Crippen molar-refractivity contribution in [2.45, 2.75) is 44.1 Å². The minimum atomic E-state index is -0.149. The van der Waals surface area contributed by atoms with Gasteiger partial charge < -0.3 is 4.74 Å². The number of ether oxygens (including phenoxy) is 1. The van der Waals surface area contributed by atoms with E-state index < -0.39 is 0 Å². The molecule has 2 aliphatic rings. The molecule has 1 aliphatic heterocycles. The third-order valence-electron chi connectivity index (χ3n) is 4.38. The SMILES string of the molecule is COC1(c2ccc3c(c2)N=CC(=O)C3)CCCCC1. The summed E-state index contributed by atoms with van der Waals surface area (Å²) in [4.78, 5) is 15.6. The van der Waals surface area contributed by atoms with Gasteiger partial charge in [0, 0.05) is 13.5 Å². The van der Waals surface area contributed by atoms with Crippen LogP contribution in [0.5, 0.6) is 0 Å². The summed E-state index contributed by atoms with van der Waals surface area (Å²) in [6, 6.07) is 6.25. The molecule has 0 N–H and O–H groups in total. The van der Waals surface area contributed by atoms with Crippen LogP contribution in [0.25, 0.3) is 0 Å². The van der Waals surface area contributed by atoms with Crippen molar-refractivity contribution >= 4 is 17.7 Å². The van der Waals surface area contributed by atoms with Gasteiger partial charge in [-0.2, -0.15) is 0 Å². The molecular formula is C16H19NO2. The maximum absolute atomic E-state index is 11.4. The number of hydrogen-bond donors (Lipinski definition) is 0. The summed E-state index contributed by atoms with van der Waals surface area (Å²) in [5, 5.41) is 0. The summed E-state index contributed by atoms with van der Waals surface area (Å²) in [6.45, 7) is 0. The summed E-state index contributed by atoms with van der Waals surface area (Å²) in [6.07, 6.45) is 7.78. The van der Waals surface area contributed by atoms with Crippen molar-refractivity contribution in [3.8, 4) is 0 Å². The Balaban J connectivity index is 1.98. The molecule has 100 valence electrons. The van der Waals surface area contributed by atoms with Crippen LogP contribution in [0.15, 0.2) is 23.2 Å². The number of aliphatic imine (C=N–C) groups is 1. The van der Waals surface area contributed by atoms with Crippen molar-refractivity contribution in [1.29, 1.82) is 0 Å². The van der Waals surface area contributed by atoms with Crippen molar-refractivity contribution in [2.75, 3.05) is 7.11 Å². The number of rotatable bonds is 2. The van der Waals surface area contributed by atoms with E-state index in [4.69, 9.17) is 4.74 Å². The second kappa shape index (κ2) is 4.89. The van der Waals surface area contributed by atoms with Crippen molar-refractivity contribution < 1.29 is 9.53 Å². The van der Waals surface area contributed by atoms with Crippen LogP contribution in [0.4, 0.5) is 5.69 Å². The number of carbonyl (C=O) groups is 1. The van der Waals surface area contributed by atoms with Gasteiger partial charge in [0.2, 0.25) is 0 Å². The van der Waals surface area contributed by atoms with Gasteiger partial charge in [-0.15, -0.1) is 0 Å². The number of Topliss-reactive ketones (excluding diaryl/α,β-unsaturated/α-hetero) is 1. The number of fused-ring (bicyclic) bond motifs is 1. The van der Waals surface area contributed by atoms with E-state index in [-0.39, 0.29) is 11.4 Å². The number of methoxy groups -OCH3 is 1. The van der Waals surface area contributed by atoms with E-state index >= 15 is 0 Å². The Morgan fingerprint density at radius 2 is 2.00 bits per heavy atom. The fourth-order valence-electron chi connectivity index (χ4n) is 3.23. The van der Waals surface area contributed by atoms with E-state index in [1.165, 1.54) is 31.0 Å². The lowest BCUT2D eigenvalue weighted by Crippen LogP contribution is -2.31. The van der Waals surface area contributed by atoms with E-state index in [9.17, 15) is 4.79 Å². The number of carbonyl (C=O) groups excluding carboxylic acids is 1. The second-order valence-corrected chi connectivity index (χ2v) is 5.50. The summed E-state index contributed by atoms with van der Waals surface area (Å²) in [5.74, 6) is 0.0828. The summed E-state index contributed by atoms with van der Waals surface area (Å²) in [5.41, 5.74) is 3.02. The molecular weight excluding hydrogens is 238 g/mol. The standard InChI is InChI=1S/C16H19NO2/c1-19-16(7-3-2-4-8-16)13-6-5-12-9-14(18)11-17-15(12)10-13/h5-6,10-11H,2-4,7-9H2,1H3. The molecule has 19 heavy (non-hydrogen) atoms. The van der Waals surface area contributed by atoms with Gasteiger partial charge in [0.1, 0.15) is 0 Å². The quantitative estimate of drug-likeness (QED) is 0.815. The highest BCUT2D eigenvalue weighted by Crippen LogP contribution is 2.41. The largest absolute Gasteiger partial charge is 0.374 e. The molecule has 0 spiro atoms. The Labute approximate surface area is 113 Å². The lowest BCUT2D eigenvalue weighted by Gasteiger charge is -2.37. The lowest BCUT2D eigenvalue weighted by atomic mass is 9.79. The Bertz CT molecular complexity index is 528. The molecule has 3 nitrogen and oxygen atoms in total. The Kier molecular flexibility index (Phi) is 3.23. The molecule has 0 aromatic heterocycles. The van der Waals surface area contributed by atoms with E-state index in [0.717, 1.165) is 24.1 Å². The first-order valence-corrected chi connectivity index (χ1v) is 6.99. The topological polar surface area (TPSA) is 38.7 Å². The molecule has 0 bridgehead atoms. The maximum atomic E-state index is 11.4. The summed E-state index contributed by atoms with van der Waals surface area (Å²) < 4.78 is 5.86. The molecule has 0 amide bonds. The Morgan fingerprint density at radius 3 is 2.74 bits per heavy atom. The van der Waals surface area contributed by atoms with Crippen LogP contribution in [0.1, 0.15) is 43.2 Å². The molecule has 0 atom stereocenters. The fourth-order valence-corrected chi connectivity index (χ4v) is 3.23. The summed E-state index contributed by atoms with van der Waals surface area (Å²) in [7, 11) is 1.80. The highest BCUT2D eigenvalue weighted by atomic mass is 16.5. The third-order valence-corrected chi connectivity index (χ3v) is 4.38. The smallest absolute Gasteiger partial charge is 0.178 e. The normalized spacial score (nSPS) is 21.2. The van der Waals surface area contributed by atoms with E-state index in [2.05, 4.69) is 17.1 Å². The zero-order chi connectivity index (χ0) is 13.3. The average molecular weight is 257 g/mol. The molecule has 0 saturated heterocycles. The number of hydrogen-bond acceptors (Lipinski definition) is 3. The molecule has 3 rings (SSSR count). The predicted octanol–water partition coefficient (Wildman–Crippen LogP) is 3.32. The molecule has 1 aliphatic carbocycles. The van der Waals surface area contributed by atoms with Crippen LogP contribution in [-0.4, -0.2) is 19.1 Å². The molecule has 1 aromatic carbocycles. The Hall–Kier alpha value is -1.48. The van der Waals surface area contributed by atoms with Crippen molar-refractivity contribution in [3.63, 3.8) is 0 Å². The van der Waals surface area contributed by atoms with Crippen LogP contribution < -0.4 is 0 Å². The van der Waals surface area contributed by atoms with Crippen molar-refractivity contribution in [2.24, 2.45) is 4.99 Å². The summed E-state index contributed by atoms with van der Waals surface area (Å²) >= 11 is 0. The van der Waals surface area contributed by atoms with Crippen LogP contribution in [0, 0.1) is 0 Å². The molecule has 1 heterocycles. The zero-order valence-corrected chi connectivity index (χ0v) is 11.3. The van der Waals surface area contributed by atoms with Gasteiger partial charge in [-0.1, -0.05) is 31.4 Å². The minimum Gasteiger partial charge on any atom is -0.374 e. The van der Waals surface area contributed by atoms with Gasteiger partial charge >= 0.3 is 0 Å². The fraction of sp³-hybridized carbons (Fsp3) is 0.500. The molecule has 1 fully saturated rings. The average Bonchev–Trinajstić information content (AvgIpc) is 2.47. The molecule has 0 radical (unpaired) electrons. The van der Waals surface area contributed by atoms with Crippen LogP contribution in [0.3, 0.4) is 0 Å². The highest BCUT2D eigenvalue weighted by molar-refractivity contribution is 6.29. The van der Waals surface area contributed by atoms with Crippen LogP contribution in [0.2, 0.25) is 0 Å². The van der Waals surface area contributed by atoms with Gasteiger partial charge in [0.15, 0.2) is 5.78 Å². The van der Waals surface area contributed by atoms with E-state index in [1.54, 1.807) is 7.11 Å². The monoisotopic (exact) mass is 257 g/mol. The highest BCUT2D eigenvalue weighted by Gasteiger charge is 2.34. The van der Waals surface area contributed by atoms with Crippen molar-refractivity contribution in [3.05, 3.63) is 29.3 Å². The lowest BCUT2D eigenvalue weighted by molar-refractivity contribution is -0.112. The van der Waals surface area contributed by atoms with E-state index in [0.29, 0.717) is 6.42 Å². The predicted molar refractivity (Wildman–Crippen MR) is 75.1 cm³/mol. The molecule has 3 heteroatoms. The number of ketones is 1. The third kappa shape index (κ3) is 2.23. The first-order chi connectivity index (χ1) is 9.23.